The third-order valence-electron chi connectivity index (χ3n) is 3.46. The van der Waals surface area contributed by atoms with Gasteiger partial charge >= 0.3 is 0 Å². The molecule has 4 nitrogen and oxygen atoms in total. The lowest BCUT2D eigenvalue weighted by molar-refractivity contribution is 0.617. The Hall–Kier alpha value is -2.36. The molecule has 0 aliphatic heterocycles. The number of fused-ring (bicyclic) bond motifs is 1. The van der Waals surface area contributed by atoms with Crippen molar-refractivity contribution in [1.82, 2.24) is 14.5 Å². The van der Waals surface area contributed by atoms with Crippen LogP contribution in [-0.4, -0.2) is 14.5 Å². The molecule has 102 valence electrons. The van der Waals surface area contributed by atoms with E-state index < -0.39 is 0 Å². The molecular weight excluding hydrogens is 250 g/mol. The van der Waals surface area contributed by atoms with Gasteiger partial charge in [-0.3, -0.25) is 9.36 Å². The number of rotatable bonds is 4. The first-order valence-electron chi connectivity index (χ1n) is 6.83. The smallest absolute Gasteiger partial charge is 0.262 e. The van der Waals surface area contributed by atoms with Crippen LogP contribution in [0, 0.1) is 6.92 Å². The van der Waals surface area contributed by atoms with Crippen molar-refractivity contribution in [2.24, 2.45) is 0 Å². The Balaban J connectivity index is 1.75. The summed E-state index contributed by atoms with van der Waals surface area (Å²) < 4.78 is 1.69. The fraction of sp³-hybridized carbons (Fsp3) is 0.250. The first-order chi connectivity index (χ1) is 9.74. The van der Waals surface area contributed by atoms with E-state index in [2.05, 4.69) is 22.1 Å². The van der Waals surface area contributed by atoms with Gasteiger partial charge in [0.25, 0.3) is 5.56 Å². The van der Waals surface area contributed by atoms with E-state index in [1.165, 1.54) is 5.56 Å². The van der Waals surface area contributed by atoms with E-state index in [1.807, 2.05) is 31.2 Å². The Morgan fingerprint density at radius 1 is 1.25 bits per heavy atom. The molecule has 3 rings (SSSR count). The van der Waals surface area contributed by atoms with Gasteiger partial charge in [0.2, 0.25) is 0 Å². The van der Waals surface area contributed by atoms with E-state index in [4.69, 9.17) is 0 Å². The number of hydrogen-bond donors (Lipinski definition) is 1. The molecule has 0 fully saturated rings. The van der Waals surface area contributed by atoms with Gasteiger partial charge in [-0.25, -0.2) is 4.98 Å². The van der Waals surface area contributed by atoms with Crippen molar-refractivity contribution in [2.75, 3.05) is 0 Å². The summed E-state index contributed by atoms with van der Waals surface area (Å²) in [5, 5.41) is 0.671. The lowest BCUT2D eigenvalue weighted by atomic mass is 10.1. The Morgan fingerprint density at radius 3 is 2.85 bits per heavy atom. The molecule has 0 saturated carbocycles. The summed E-state index contributed by atoms with van der Waals surface area (Å²) in [7, 11) is 0. The van der Waals surface area contributed by atoms with Crippen molar-refractivity contribution in [1.29, 1.82) is 0 Å². The zero-order valence-corrected chi connectivity index (χ0v) is 11.5. The Morgan fingerprint density at radius 2 is 2.05 bits per heavy atom. The summed E-state index contributed by atoms with van der Waals surface area (Å²) >= 11 is 0. The predicted molar refractivity (Wildman–Crippen MR) is 79.9 cm³/mol. The molecule has 0 radical (unpaired) electrons. The molecular formula is C16H17N3O. The van der Waals surface area contributed by atoms with Crippen LogP contribution < -0.4 is 5.56 Å². The van der Waals surface area contributed by atoms with Gasteiger partial charge in [-0.05, 0) is 31.4 Å². The van der Waals surface area contributed by atoms with Crippen LogP contribution in [0.5, 0.6) is 0 Å². The number of nitrogens with zero attached hydrogens (tertiary/aromatic N) is 2. The maximum absolute atomic E-state index is 12.3. The van der Waals surface area contributed by atoms with Crippen LogP contribution in [0.2, 0.25) is 0 Å². The lowest BCUT2D eigenvalue weighted by Crippen LogP contribution is -2.20. The highest BCUT2D eigenvalue weighted by Gasteiger charge is 2.06. The topological polar surface area (TPSA) is 50.7 Å². The minimum absolute atomic E-state index is 0.0346. The van der Waals surface area contributed by atoms with E-state index in [0.29, 0.717) is 17.6 Å². The molecule has 1 aromatic carbocycles. The number of H-pyrrole nitrogens is 1. The fourth-order valence-corrected chi connectivity index (χ4v) is 2.43. The van der Waals surface area contributed by atoms with Crippen LogP contribution in [0.4, 0.5) is 0 Å². The molecule has 0 unspecified atom stereocenters. The highest BCUT2D eigenvalue weighted by Crippen LogP contribution is 2.08. The fourth-order valence-electron chi connectivity index (χ4n) is 2.43. The van der Waals surface area contributed by atoms with Gasteiger partial charge in [-0.15, -0.1) is 0 Å². The minimum atomic E-state index is 0.0346. The maximum atomic E-state index is 12.3. The molecule has 3 aromatic rings. The van der Waals surface area contributed by atoms with Gasteiger partial charge in [0.15, 0.2) is 0 Å². The second kappa shape index (κ2) is 5.33. The Labute approximate surface area is 117 Å². The van der Waals surface area contributed by atoms with Crippen molar-refractivity contribution in [3.63, 3.8) is 0 Å². The number of aromatic amines is 1. The van der Waals surface area contributed by atoms with Crippen LogP contribution in [0.15, 0.2) is 47.5 Å². The summed E-state index contributed by atoms with van der Waals surface area (Å²) in [4.78, 5) is 19.7. The van der Waals surface area contributed by atoms with Crippen LogP contribution in [-0.2, 0) is 13.0 Å². The third-order valence-corrected chi connectivity index (χ3v) is 3.46. The third kappa shape index (κ3) is 2.50. The molecule has 0 aliphatic rings. The van der Waals surface area contributed by atoms with Crippen LogP contribution in [0.3, 0.4) is 0 Å². The SMILES string of the molecule is Cc1cc2c(=O)n(CCCc3ccccc3)cnc2[nH]1. The van der Waals surface area contributed by atoms with Gasteiger partial charge in [-0.1, -0.05) is 30.3 Å². The first-order valence-corrected chi connectivity index (χ1v) is 6.83. The van der Waals surface area contributed by atoms with E-state index in [-0.39, 0.29) is 5.56 Å². The average Bonchev–Trinajstić information content (AvgIpc) is 2.84. The van der Waals surface area contributed by atoms with Crippen molar-refractivity contribution in [2.45, 2.75) is 26.3 Å². The van der Waals surface area contributed by atoms with E-state index in [1.54, 1.807) is 10.9 Å². The Bertz CT molecular complexity index is 771. The molecule has 0 amide bonds. The van der Waals surface area contributed by atoms with Gasteiger partial charge in [0.05, 0.1) is 11.7 Å². The molecule has 0 saturated heterocycles. The number of aryl methyl sites for hydroxylation is 3. The average molecular weight is 267 g/mol. The van der Waals surface area contributed by atoms with Crippen molar-refractivity contribution in [3.05, 3.63) is 64.3 Å². The highest BCUT2D eigenvalue weighted by molar-refractivity contribution is 5.74. The normalized spacial score (nSPS) is 11.1. The molecule has 4 heteroatoms. The molecule has 2 aromatic heterocycles. The molecule has 0 atom stereocenters. The second-order valence-electron chi connectivity index (χ2n) is 5.05. The molecule has 0 bridgehead atoms. The summed E-state index contributed by atoms with van der Waals surface area (Å²) in [6.45, 7) is 2.63. The monoisotopic (exact) mass is 267 g/mol. The number of hydrogen-bond acceptors (Lipinski definition) is 2. The zero-order valence-electron chi connectivity index (χ0n) is 11.5. The standard InChI is InChI=1S/C16H17N3O/c1-12-10-14-15(18-12)17-11-19(16(14)20)9-5-8-13-6-3-2-4-7-13/h2-4,6-7,10-11,18H,5,8-9H2,1H3. The highest BCUT2D eigenvalue weighted by atomic mass is 16.1. The first kappa shape index (κ1) is 12.7. The van der Waals surface area contributed by atoms with Crippen LogP contribution in [0.25, 0.3) is 11.0 Å². The lowest BCUT2D eigenvalue weighted by Gasteiger charge is -2.05. The van der Waals surface area contributed by atoms with E-state index in [9.17, 15) is 4.79 Å². The zero-order chi connectivity index (χ0) is 13.9. The maximum Gasteiger partial charge on any atom is 0.262 e. The van der Waals surface area contributed by atoms with E-state index in [0.717, 1.165) is 18.5 Å². The second-order valence-corrected chi connectivity index (χ2v) is 5.05. The van der Waals surface area contributed by atoms with Crippen molar-refractivity contribution in [3.8, 4) is 0 Å². The molecule has 1 N–H and O–H groups in total. The van der Waals surface area contributed by atoms with Crippen molar-refractivity contribution < 1.29 is 0 Å². The number of aromatic nitrogens is 3. The Kier molecular flexibility index (Phi) is 3.37. The predicted octanol–water partition coefficient (Wildman–Crippen LogP) is 2.67. The number of nitrogens with one attached hydrogen (secondary N) is 1. The van der Waals surface area contributed by atoms with Gasteiger partial charge in [0.1, 0.15) is 5.65 Å². The molecule has 2 heterocycles. The van der Waals surface area contributed by atoms with Gasteiger partial charge in [-0.2, -0.15) is 0 Å². The molecule has 0 spiro atoms. The van der Waals surface area contributed by atoms with Crippen molar-refractivity contribution >= 4 is 11.0 Å². The number of benzene rings is 1. The molecule has 0 aliphatic carbocycles. The molecule has 20 heavy (non-hydrogen) atoms. The summed E-state index contributed by atoms with van der Waals surface area (Å²) in [5.74, 6) is 0. The largest absolute Gasteiger partial charge is 0.343 e. The van der Waals surface area contributed by atoms with Crippen LogP contribution in [0.1, 0.15) is 17.7 Å². The summed E-state index contributed by atoms with van der Waals surface area (Å²) in [6.07, 6.45) is 3.53. The summed E-state index contributed by atoms with van der Waals surface area (Å²) in [5.41, 5.74) is 2.97. The van der Waals surface area contributed by atoms with Crippen LogP contribution >= 0.6 is 0 Å². The summed E-state index contributed by atoms with van der Waals surface area (Å²) in [6, 6.07) is 12.2. The van der Waals surface area contributed by atoms with E-state index >= 15 is 0 Å². The van der Waals surface area contributed by atoms with Gasteiger partial charge in [0, 0.05) is 12.2 Å². The minimum Gasteiger partial charge on any atom is -0.343 e. The quantitative estimate of drug-likeness (QED) is 0.790. The van der Waals surface area contributed by atoms with Gasteiger partial charge < -0.3 is 4.98 Å².